The molecule has 1 aliphatic rings. The highest BCUT2D eigenvalue weighted by molar-refractivity contribution is 5.12. The van der Waals surface area contributed by atoms with E-state index >= 15 is 0 Å². The Morgan fingerprint density at radius 2 is 1.92 bits per heavy atom. The van der Waals surface area contributed by atoms with Crippen LogP contribution >= 0.6 is 0 Å². The van der Waals surface area contributed by atoms with Gasteiger partial charge >= 0.3 is 0 Å². The van der Waals surface area contributed by atoms with Crippen molar-refractivity contribution >= 4 is 0 Å². The molecule has 72 valence electrons. The Labute approximate surface area is 81.4 Å². The third kappa shape index (κ3) is 2.76. The molecule has 0 unspecified atom stereocenters. The number of likely N-dealkylation sites (tertiary alicyclic amines) is 1. The summed E-state index contributed by atoms with van der Waals surface area (Å²) in [6.45, 7) is 12.0. The first-order valence-electron chi connectivity index (χ1n) is 4.93. The van der Waals surface area contributed by atoms with Gasteiger partial charge in [-0.3, -0.25) is 0 Å². The van der Waals surface area contributed by atoms with Crippen molar-refractivity contribution < 1.29 is 0 Å². The van der Waals surface area contributed by atoms with Crippen molar-refractivity contribution in [2.75, 3.05) is 13.1 Å². The number of piperidine rings is 1. The minimum absolute atomic E-state index is 0.759. The van der Waals surface area contributed by atoms with Gasteiger partial charge in [0.15, 0.2) is 0 Å². The van der Waals surface area contributed by atoms with Crippen LogP contribution in [-0.4, -0.2) is 18.0 Å². The number of rotatable bonds is 3. The van der Waals surface area contributed by atoms with Gasteiger partial charge in [0.05, 0.1) is 0 Å². The summed E-state index contributed by atoms with van der Waals surface area (Å²) < 4.78 is 0. The topological polar surface area (TPSA) is 3.24 Å². The molecular formula is C12H19N. The normalized spacial score (nSPS) is 20.1. The van der Waals surface area contributed by atoms with Gasteiger partial charge in [-0.2, -0.15) is 0 Å². The Morgan fingerprint density at radius 3 is 2.38 bits per heavy atom. The van der Waals surface area contributed by atoms with Crippen molar-refractivity contribution in [2.24, 2.45) is 5.92 Å². The molecule has 1 rings (SSSR count). The summed E-state index contributed by atoms with van der Waals surface area (Å²) in [6, 6.07) is 0. The average Bonchev–Trinajstić information content (AvgIpc) is 2.18. The minimum Gasteiger partial charge on any atom is -0.378 e. The molecule has 0 aliphatic carbocycles. The first kappa shape index (κ1) is 10.1. The number of nitrogens with zero attached hydrogens (tertiary/aromatic N) is 1. The van der Waals surface area contributed by atoms with E-state index in [1.807, 2.05) is 12.3 Å². The number of allylic oxidation sites excluding steroid dienone is 3. The van der Waals surface area contributed by atoms with Crippen molar-refractivity contribution in [3.8, 4) is 0 Å². The predicted octanol–water partition coefficient (Wildman–Crippen LogP) is 2.97. The summed E-state index contributed by atoms with van der Waals surface area (Å²) in [5.41, 5.74) is 1.47. The summed E-state index contributed by atoms with van der Waals surface area (Å²) in [5.74, 6) is 0.759. The molecule has 1 nitrogen and oxygen atoms in total. The van der Waals surface area contributed by atoms with Crippen LogP contribution in [0.4, 0.5) is 0 Å². The van der Waals surface area contributed by atoms with Crippen LogP contribution in [0.3, 0.4) is 0 Å². The van der Waals surface area contributed by atoms with Gasteiger partial charge in [0.1, 0.15) is 0 Å². The Hall–Kier alpha value is -0.980. The van der Waals surface area contributed by atoms with Gasteiger partial charge < -0.3 is 4.90 Å². The summed E-state index contributed by atoms with van der Waals surface area (Å²) in [7, 11) is 0. The van der Waals surface area contributed by atoms with Crippen LogP contribution in [0.15, 0.2) is 37.1 Å². The van der Waals surface area contributed by atoms with E-state index in [0.29, 0.717) is 0 Å². The van der Waals surface area contributed by atoms with Crippen molar-refractivity contribution in [1.29, 1.82) is 0 Å². The van der Waals surface area contributed by atoms with E-state index in [-0.39, 0.29) is 0 Å². The Morgan fingerprint density at radius 1 is 1.31 bits per heavy atom. The average molecular weight is 177 g/mol. The molecule has 0 saturated carbocycles. The molecule has 1 heteroatoms. The first-order valence-corrected chi connectivity index (χ1v) is 4.93. The smallest absolute Gasteiger partial charge is 0.0178 e. The van der Waals surface area contributed by atoms with Crippen molar-refractivity contribution in [2.45, 2.75) is 19.8 Å². The maximum Gasteiger partial charge on any atom is 0.0178 e. The van der Waals surface area contributed by atoms with E-state index in [2.05, 4.69) is 31.1 Å². The molecular weight excluding hydrogens is 158 g/mol. The fraction of sp³-hybridized carbons (Fsp3) is 0.500. The highest BCUT2D eigenvalue weighted by Gasteiger charge is 2.17. The standard InChI is InChI=1S/C12H19N/c1-4-6-11(3)12-7-9-13(5-2)10-8-12/h4-6,12H,1-2,7-10H2,3H3/b11-6+. The fourth-order valence-corrected chi connectivity index (χ4v) is 1.86. The third-order valence-electron chi connectivity index (χ3n) is 2.81. The zero-order chi connectivity index (χ0) is 9.68. The Kier molecular flexibility index (Phi) is 3.81. The molecule has 0 aromatic rings. The highest BCUT2D eigenvalue weighted by atomic mass is 15.1. The summed E-state index contributed by atoms with van der Waals surface area (Å²) >= 11 is 0. The first-order chi connectivity index (χ1) is 6.27. The summed E-state index contributed by atoms with van der Waals surface area (Å²) in [4.78, 5) is 2.29. The summed E-state index contributed by atoms with van der Waals surface area (Å²) in [5, 5.41) is 0. The molecule has 0 bridgehead atoms. The van der Waals surface area contributed by atoms with Crippen LogP contribution in [0, 0.1) is 5.92 Å². The van der Waals surface area contributed by atoms with Crippen LogP contribution in [0.2, 0.25) is 0 Å². The molecule has 0 aromatic carbocycles. The molecule has 0 N–H and O–H groups in total. The van der Waals surface area contributed by atoms with Crippen LogP contribution in [-0.2, 0) is 0 Å². The van der Waals surface area contributed by atoms with Crippen LogP contribution < -0.4 is 0 Å². The van der Waals surface area contributed by atoms with Gasteiger partial charge in [-0.1, -0.05) is 30.9 Å². The van der Waals surface area contributed by atoms with Crippen molar-refractivity contribution in [3.63, 3.8) is 0 Å². The zero-order valence-corrected chi connectivity index (χ0v) is 8.50. The molecule has 0 atom stereocenters. The Bertz CT molecular complexity index is 207. The van der Waals surface area contributed by atoms with E-state index in [1.165, 1.54) is 18.4 Å². The number of hydrogen-bond acceptors (Lipinski definition) is 1. The van der Waals surface area contributed by atoms with Crippen LogP contribution in [0.1, 0.15) is 19.8 Å². The van der Waals surface area contributed by atoms with Gasteiger partial charge in [0.2, 0.25) is 0 Å². The molecule has 1 fully saturated rings. The van der Waals surface area contributed by atoms with Crippen LogP contribution in [0.5, 0.6) is 0 Å². The molecule has 1 aliphatic heterocycles. The lowest BCUT2D eigenvalue weighted by Gasteiger charge is -2.31. The van der Waals surface area contributed by atoms with Gasteiger partial charge in [-0.25, -0.2) is 0 Å². The van der Waals surface area contributed by atoms with Crippen molar-refractivity contribution in [1.82, 2.24) is 4.90 Å². The minimum atomic E-state index is 0.759. The Balaban J connectivity index is 2.44. The quantitative estimate of drug-likeness (QED) is 0.599. The fourth-order valence-electron chi connectivity index (χ4n) is 1.86. The maximum absolute atomic E-state index is 3.79. The van der Waals surface area contributed by atoms with Crippen LogP contribution in [0.25, 0.3) is 0 Å². The lowest BCUT2D eigenvalue weighted by molar-refractivity contribution is 0.265. The molecule has 1 heterocycles. The van der Waals surface area contributed by atoms with Crippen molar-refractivity contribution in [3.05, 3.63) is 37.1 Å². The monoisotopic (exact) mass is 177 g/mol. The SMILES string of the molecule is C=C/C=C(\C)C1CCN(C=C)CC1. The molecule has 0 aromatic heterocycles. The van der Waals surface area contributed by atoms with E-state index in [0.717, 1.165) is 19.0 Å². The third-order valence-corrected chi connectivity index (χ3v) is 2.81. The lowest BCUT2D eigenvalue weighted by atomic mass is 9.90. The van der Waals surface area contributed by atoms with E-state index < -0.39 is 0 Å². The molecule has 1 saturated heterocycles. The second-order valence-corrected chi connectivity index (χ2v) is 3.64. The molecule has 0 spiro atoms. The van der Waals surface area contributed by atoms with Gasteiger partial charge in [0.25, 0.3) is 0 Å². The van der Waals surface area contributed by atoms with Gasteiger partial charge in [-0.15, -0.1) is 0 Å². The largest absolute Gasteiger partial charge is 0.378 e. The van der Waals surface area contributed by atoms with E-state index in [9.17, 15) is 0 Å². The second kappa shape index (κ2) is 4.90. The molecule has 13 heavy (non-hydrogen) atoms. The lowest BCUT2D eigenvalue weighted by Crippen LogP contribution is -2.29. The van der Waals surface area contributed by atoms with Gasteiger partial charge in [0, 0.05) is 13.1 Å². The summed E-state index contributed by atoms with van der Waals surface area (Å²) in [6.07, 6.45) is 8.47. The number of hydrogen-bond donors (Lipinski definition) is 0. The molecule has 0 radical (unpaired) electrons. The predicted molar refractivity (Wildman–Crippen MR) is 58.4 cm³/mol. The zero-order valence-electron chi connectivity index (χ0n) is 8.50. The maximum atomic E-state index is 3.79. The van der Waals surface area contributed by atoms with E-state index in [1.54, 1.807) is 0 Å². The van der Waals surface area contributed by atoms with E-state index in [4.69, 9.17) is 0 Å². The van der Waals surface area contributed by atoms with Gasteiger partial charge in [-0.05, 0) is 31.9 Å². The highest BCUT2D eigenvalue weighted by Crippen LogP contribution is 2.24. The second-order valence-electron chi connectivity index (χ2n) is 3.64. The molecule has 0 amide bonds.